The number of carbonyl (C=O) groups excluding carboxylic acids is 1. The SMILES string of the molecule is COCC1CCN(C(=O)C2CNC2)CC1. The van der Waals surface area contributed by atoms with Crippen LogP contribution >= 0.6 is 0 Å². The maximum absolute atomic E-state index is 11.9. The Morgan fingerprint density at radius 2 is 2.07 bits per heavy atom. The smallest absolute Gasteiger partial charge is 0.228 e. The number of hydrogen-bond donors (Lipinski definition) is 1. The van der Waals surface area contributed by atoms with Crippen molar-refractivity contribution in [2.24, 2.45) is 11.8 Å². The summed E-state index contributed by atoms with van der Waals surface area (Å²) in [5.74, 6) is 1.26. The van der Waals surface area contributed by atoms with Crippen molar-refractivity contribution in [3.63, 3.8) is 0 Å². The lowest BCUT2D eigenvalue weighted by atomic mass is 9.95. The number of hydrogen-bond acceptors (Lipinski definition) is 3. The summed E-state index contributed by atoms with van der Waals surface area (Å²) >= 11 is 0. The Balaban J connectivity index is 1.74. The minimum Gasteiger partial charge on any atom is -0.384 e. The Hall–Kier alpha value is -0.610. The molecule has 2 fully saturated rings. The molecular weight excluding hydrogens is 192 g/mol. The van der Waals surface area contributed by atoms with Crippen molar-refractivity contribution in [3.05, 3.63) is 0 Å². The van der Waals surface area contributed by atoms with E-state index in [1.54, 1.807) is 7.11 Å². The average Bonchev–Trinajstić information content (AvgIpc) is 2.16. The molecule has 0 aliphatic carbocycles. The molecule has 2 aliphatic heterocycles. The third-order valence-electron chi connectivity index (χ3n) is 3.46. The number of methoxy groups -OCH3 is 1. The van der Waals surface area contributed by atoms with E-state index in [0.29, 0.717) is 11.8 Å². The number of piperidine rings is 1. The fourth-order valence-corrected chi connectivity index (χ4v) is 2.28. The largest absolute Gasteiger partial charge is 0.384 e. The van der Waals surface area contributed by atoms with Gasteiger partial charge in [-0.15, -0.1) is 0 Å². The van der Waals surface area contributed by atoms with Crippen LogP contribution in [0.1, 0.15) is 12.8 Å². The number of ether oxygens (including phenoxy) is 1. The van der Waals surface area contributed by atoms with E-state index >= 15 is 0 Å². The van der Waals surface area contributed by atoms with Crippen molar-refractivity contribution in [2.75, 3.05) is 39.9 Å². The van der Waals surface area contributed by atoms with Gasteiger partial charge in [0, 0.05) is 39.9 Å². The highest BCUT2D eigenvalue weighted by Gasteiger charge is 2.31. The van der Waals surface area contributed by atoms with Crippen LogP contribution in [0.4, 0.5) is 0 Å². The maximum Gasteiger partial charge on any atom is 0.228 e. The van der Waals surface area contributed by atoms with E-state index in [4.69, 9.17) is 4.74 Å². The first-order valence-corrected chi connectivity index (χ1v) is 5.79. The van der Waals surface area contributed by atoms with Gasteiger partial charge in [-0.3, -0.25) is 4.79 Å². The first-order valence-electron chi connectivity index (χ1n) is 5.79. The molecule has 0 bridgehead atoms. The number of nitrogens with zero attached hydrogens (tertiary/aromatic N) is 1. The minimum atomic E-state index is 0.254. The number of likely N-dealkylation sites (tertiary alicyclic amines) is 1. The van der Waals surface area contributed by atoms with Gasteiger partial charge in [0.2, 0.25) is 5.91 Å². The Morgan fingerprint density at radius 3 is 2.53 bits per heavy atom. The molecule has 0 saturated carbocycles. The molecule has 2 rings (SSSR count). The lowest BCUT2D eigenvalue weighted by molar-refractivity contribution is -0.138. The Labute approximate surface area is 91.0 Å². The summed E-state index contributed by atoms with van der Waals surface area (Å²) < 4.78 is 5.14. The highest BCUT2D eigenvalue weighted by atomic mass is 16.5. The van der Waals surface area contributed by atoms with Crippen molar-refractivity contribution < 1.29 is 9.53 Å². The van der Waals surface area contributed by atoms with Crippen LogP contribution < -0.4 is 5.32 Å². The number of carbonyl (C=O) groups is 1. The Morgan fingerprint density at radius 1 is 1.40 bits per heavy atom. The van der Waals surface area contributed by atoms with E-state index in [1.165, 1.54) is 0 Å². The van der Waals surface area contributed by atoms with E-state index < -0.39 is 0 Å². The van der Waals surface area contributed by atoms with Crippen LogP contribution in [0.15, 0.2) is 0 Å². The van der Waals surface area contributed by atoms with Crippen molar-refractivity contribution in [2.45, 2.75) is 12.8 Å². The molecule has 86 valence electrons. The first-order chi connectivity index (χ1) is 7.31. The van der Waals surface area contributed by atoms with E-state index in [0.717, 1.165) is 45.6 Å². The Bertz CT molecular complexity index is 221. The molecule has 0 atom stereocenters. The van der Waals surface area contributed by atoms with Crippen molar-refractivity contribution in [1.82, 2.24) is 10.2 Å². The molecule has 15 heavy (non-hydrogen) atoms. The summed E-state index contributed by atoms with van der Waals surface area (Å²) in [6.45, 7) is 4.42. The van der Waals surface area contributed by atoms with Gasteiger partial charge in [-0.2, -0.15) is 0 Å². The van der Waals surface area contributed by atoms with Crippen LogP contribution in [0, 0.1) is 11.8 Å². The molecule has 0 aromatic rings. The third-order valence-corrected chi connectivity index (χ3v) is 3.46. The predicted molar refractivity (Wildman–Crippen MR) is 57.5 cm³/mol. The third kappa shape index (κ3) is 2.49. The lowest BCUT2D eigenvalue weighted by Crippen LogP contribution is -2.53. The molecule has 0 unspecified atom stereocenters. The normalized spacial score (nSPS) is 23.9. The van der Waals surface area contributed by atoms with Gasteiger partial charge in [-0.1, -0.05) is 0 Å². The summed E-state index contributed by atoms with van der Waals surface area (Å²) in [6, 6.07) is 0. The highest BCUT2D eigenvalue weighted by molar-refractivity contribution is 5.80. The number of amides is 1. The van der Waals surface area contributed by atoms with Gasteiger partial charge in [0.25, 0.3) is 0 Å². The summed E-state index contributed by atoms with van der Waals surface area (Å²) in [5, 5.41) is 3.14. The van der Waals surface area contributed by atoms with Crippen molar-refractivity contribution in [1.29, 1.82) is 0 Å². The second-order valence-electron chi connectivity index (χ2n) is 4.58. The summed E-state index contributed by atoms with van der Waals surface area (Å²) in [5.41, 5.74) is 0. The van der Waals surface area contributed by atoms with E-state index in [2.05, 4.69) is 5.32 Å². The average molecular weight is 212 g/mol. The Kier molecular flexibility index (Phi) is 3.59. The highest BCUT2D eigenvalue weighted by Crippen LogP contribution is 2.19. The molecule has 4 nitrogen and oxygen atoms in total. The standard InChI is InChI=1S/C11H20N2O2/c1-15-8-9-2-4-13(5-3-9)11(14)10-6-12-7-10/h9-10,12H,2-8H2,1H3. The zero-order valence-corrected chi connectivity index (χ0v) is 9.37. The van der Waals surface area contributed by atoms with Crippen LogP contribution in [0.3, 0.4) is 0 Å². The van der Waals surface area contributed by atoms with E-state index in [1.807, 2.05) is 4.90 Å². The van der Waals surface area contributed by atoms with E-state index in [-0.39, 0.29) is 5.92 Å². The van der Waals surface area contributed by atoms with Crippen molar-refractivity contribution in [3.8, 4) is 0 Å². The molecular formula is C11H20N2O2. The molecule has 0 spiro atoms. The monoisotopic (exact) mass is 212 g/mol. The zero-order valence-electron chi connectivity index (χ0n) is 9.37. The summed E-state index contributed by atoms with van der Waals surface area (Å²) in [6.07, 6.45) is 2.19. The fourth-order valence-electron chi connectivity index (χ4n) is 2.28. The minimum absolute atomic E-state index is 0.254. The summed E-state index contributed by atoms with van der Waals surface area (Å²) in [7, 11) is 1.75. The lowest BCUT2D eigenvalue weighted by Gasteiger charge is -2.36. The van der Waals surface area contributed by atoms with Gasteiger partial charge >= 0.3 is 0 Å². The van der Waals surface area contributed by atoms with Gasteiger partial charge in [-0.05, 0) is 18.8 Å². The molecule has 0 radical (unpaired) electrons. The van der Waals surface area contributed by atoms with Crippen molar-refractivity contribution >= 4 is 5.91 Å². The fraction of sp³-hybridized carbons (Fsp3) is 0.909. The van der Waals surface area contributed by atoms with Gasteiger partial charge in [0.15, 0.2) is 0 Å². The molecule has 2 aliphatic rings. The second-order valence-corrected chi connectivity index (χ2v) is 4.58. The molecule has 4 heteroatoms. The van der Waals surface area contributed by atoms with Gasteiger partial charge < -0.3 is 15.0 Å². The van der Waals surface area contributed by atoms with Crippen LogP contribution in [0.5, 0.6) is 0 Å². The summed E-state index contributed by atoms with van der Waals surface area (Å²) in [4.78, 5) is 13.9. The number of nitrogens with one attached hydrogen (secondary N) is 1. The molecule has 1 N–H and O–H groups in total. The molecule has 2 heterocycles. The number of rotatable bonds is 3. The van der Waals surface area contributed by atoms with Crippen LogP contribution in [-0.2, 0) is 9.53 Å². The topological polar surface area (TPSA) is 41.6 Å². The van der Waals surface area contributed by atoms with Crippen LogP contribution in [-0.4, -0.2) is 50.7 Å². The first kappa shape index (κ1) is 10.9. The van der Waals surface area contributed by atoms with E-state index in [9.17, 15) is 4.79 Å². The van der Waals surface area contributed by atoms with Gasteiger partial charge in [0.05, 0.1) is 5.92 Å². The zero-order chi connectivity index (χ0) is 10.7. The predicted octanol–water partition coefficient (Wildman–Crippen LogP) is 0.0908. The maximum atomic E-state index is 11.9. The molecule has 0 aromatic carbocycles. The molecule has 1 amide bonds. The quantitative estimate of drug-likeness (QED) is 0.721. The van der Waals surface area contributed by atoms with Gasteiger partial charge in [-0.25, -0.2) is 0 Å². The second kappa shape index (κ2) is 4.94. The van der Waals surface area contributed by atoms with Crippen LogP contribution in [0.2, 0.25) is 0 Å². The molecule has 2 saturated heterocycles. The molecule has 0 aromatic heterocycles. The van der Waals surface area contributed by atoms with Crippen LogP contribution in [0.25, 0.3) is 0 Å². The van der Waals surface area contributed by atoms with Gasteiger partial charge in [0.1, 0.15) is 0 Å².